The fourth-order valence-electron chi connectivity index (χ4n) is 2.77. The lowest BCUT2D eigenvalue weighted by molar-refractivity contribution is 0.0927. The number of anilines is 1. The molecule has 0 saturated heterocycles. The SMILES string of the molecule is Cc1c(N2C(=O)c3ccccc3C2=O)sc2ccc(Cl)cc12. The molecule has 0 aliphatic carbocycles. The van der Waals surface area contributed by atoms with Crippen LogP contribution in [0.2, 0.25) is 5.02 Å². The van der Waals surface area contributed by atoms with Gasteiger partial charge >= 0.3 is 0 Å². The number of carbonyl (C=O) groups is 2. The minimum Gasteiger partial charge on any atom is -0.268 e. The highest BCUT2D eigenvalue weighted by atomic mass is 35.5. The summed E-state index contributed by atoms with van der Waals surface area (Å²) in [5.41, 5.74) is 1.82. The molecule has 0 radical (unpaired) electrons. The van der Waals surface area contributed by atoms with Crippen molar-refractivity contribution in [1.29, 1.82) is 0 Å². The van der Waals surface area contributed by atoms with Crippen LogP contribution in [-0.4, -0.2) is 11.8 Å². The summed E-state index contributed by atoms with van der Waals surface area (Å²) in [5.74, 6) is -0.525. The van der Waals surface area contributed by atoms with Crippen molar-refractivity contribution in [3.63, 3.8) is 0 Å². The number of nitrogens with zero attached hydrogens (tertiary/aromatic N) is 1. The fraction of sp³-hybridized carbons (Fsp3) is 0.0588. The van der Waals surface area contributed by atoms with Gasteiger partial charge in [-0.05, 0) is 48.2 Å². The average Bonchev–Trinajstić information content (AvgIpc) is 2.96. The van der Waals surface area contributed by atoms with Crippen molar-refractivity contribution >= 4 is 49.8 Å². The average molecular weight is 328 g/mol. The highest BCUT2D eigenvalue weighted by Gasteiger charge is 2.38. The normalized spacial score (nSPS) is 14.0. The number of rotatable bonds is 1. The van der Waals surface area contributed by atoms with E-state index in [2.05, 4.69) is 0 Å². The number of hydrogen-bond acceptors (Lipinski definition) is 3. The monoisotopic (exact) mass is 327 g/mol. The minimum absolute atomic E-state index is 0.263. The molecule has 1 aliphatic heterocycles. The first-order chi connectivity index (χ1) is 10.6. The molecule has 0 spiro atoms. The summed E-state index contributed by atoms with van der Waals surface area (Å²) in [6, 6.07) is 12.5. The molecule has 0 saturated carbocycles. The molecule has 3 nitrogen and oxygen atoms in total. The summed E-state index contributed by atoms with van der Waals surface area (Å²) >= 11 is 7.48. The molecule has 2 aromatic carbocycles. The van der Waals surface area contributed by atoms with E-state index in [1.807, 2.05) is 25.1 Å². The maximum atomic E-state index is 12.6. The van der Waals surface area contributed by atoms with Crippen LogP contribution in [0.5, 0.6) is 0 Å². The van der Waals surface area contributed by atoms with E-state index < -0.39 is 0 Å². The molecule has 22 heavy (non-hydrogen) atoms. The number of carbonyl (C=O) groups excluding carboxylic acids is 2. The molecule has 2 heterocycles. The van der Waals surface area contributed by atoms with Crippen molar-refractivity contribution in [3.8, 4) is 0 Å². The molecule has 3 aromatic rings. The van der Waals surface area contributed by atoms with Gasteiger partial charge in [0.25, 0.3) is 11.8 Å². The molecule has 0 unspecified atom stereocenters. The van der Waals surface area contributed by atoms with E-state index in [0.717, 1.165) is 15.6 Å². The molecular weight excluding hydrogens is 318 g/mol. The van der Waals surface area contributed by atoms with Gasteiger partial charge in [-0.15, -0.1) is 11.3 Å². The zero-order chi connectivity index (χ0) is 15.4. The number of halogens is 1. The van der Waals surface area contributed by atoms with Crippen molar-refractivity contribution in [2.45, 2.75) is 6.92 Å². The van der Waals surface area contributed by atoms with Crippen LogP contribution in [0.4, 0.5) is 5.00 Å². The molecule has 4 rings (SSSR count). The number of fused-ring (bicyclic) bond motifs is 2. The Hall–Kier alpha value is -2.17. The Morgan fingerprint density at radius 3 is 2.27 bits per heavy atom. The number of thiophene rings is 1. The Balaban J connectivity index is 1.92. The Bertz CT molecular complexity index is 925. The largest absolute Gasteiger partial charge is 0.268 e. The van der Waals surface area contributed by atoms with Gasteiger partial charge in [0.15, 0.2) is 0 Å². The third-order valence-electron chi connectivity index (χ3n) is 3.87. The molecule has 1 aromatic heterocycles. The third kappa shape index (κ3) is 1.74. The predicted octanol–water partition coefficient (Wildman–Crippen LogP) is 4.66. The van der Waals surface area contributed by atoms with Crippen LogP contribution in [-0.2, 0) is 0 Å². The van der Waals surface area contributed by atoms with E-state index >= 15 is 0 Å². The summed E-state index contributed by atoms with van der Waals surface area (Å²) in [5, 5.41) is 2.29. The second kappa shape index (κ2) is 4.66. The topological polar surface area (TPSA) is 37.4 Å². The van der Waals surface area contributed by atoms with Gasteiger partial charge in [0.05, 0.1) is 11.1 Å². The predicted molar refractivity (Wildman–Crippen MR) is 89.2 cm³/mol. The smallest absolute Gasteiger partial charge is 0.266 e. The van der Waals surface area contributed by atoms with Gasteiger partial charge in [-0.3, -0.25) is 9.59 Å². The van der Waals surface area contributed by atoms with Crippen LogP contribution in [0.25, 0.3) is 10.1 Å². The first-order valence-corrected chi connectivity index (χ1v) is 7.94. The summed E-state index contributed by atoms with van der Waals surface area (Å²) < 4.78 is 1.01. The van der Waals surface area contributed by atoms with E-state index in [1.54, 1.807) is 24.3 Å². The summed E-state index contributed by atoms with van der Waals surface area (Å²) in [6.07, 6.45) is 0. The van der Waals surface area contributed by atoms with Crippen LogP contribution >= 0.6 is 22.9 Å². The standard InChI is InChI=1S/C17H10ClNO2S/c1-9-13-8-10(18)6-7-14(13)22-17(9)19-15(20)11-4-2-3-5-12(11)16(19)21/h2-8H,1H3. The van der Waals surface area contributed by atoms with E-state index in [-0.39, 0.29) is 11.8 Å². The lowest BCUT2D eigenvalue weighted by Gasteiger charge is -2.12. The number of amides is 2. The number of benzene rings is 2. The lowest BCUT2D eigenvalue weighted by Crippen LogP contribution is -2.29. The Morgan fingerprint density at radius 1 is 1.00 bits per heavy atom. The number of imide groups is 1. The molecule has 0 fully saturated rings. The van der Waals surface area contributed by atoms with Crippen molar-refractivity contribution in [2.75, 3.05) is 4.90 Å². The highest BCUT2D eigenvalue weighted by Crippen LogP contribution is 2.41. The van der Waals surface area contributed by atoms with E-state index in [9.17, 15) is 9.59 Å². The minimum atomic E-state index is -0.263. The lowest BCUT2D eigenvalue weighted by atomic mass is 10.1. The van der Waals surface area contributed by atoms with Crippen LogP contribution in [0.3, 0.4) is 0 Å². The first-order valence-electron chi connectivity index (χ1n) is 6.74. The Labute approximate surface area is 135 Å². The van der Waals surface area contributed by atoms with Crippen molar-refractivity contribution in [2.24, 2.45) is 0 Å². The molecule has 0 bridgehead atoms. The fourth-order valence-corrected chi connectivity index (χ4v) is 4.13. The first kappa shape index (κ1) is 13.5. The molecular formula is C17H10ClNO2S. The molecule has 5 heteroatoms. The van der Waals surface area contributed by atoms with Gasteiger partial charge in [-0.2, -0.15) is 0 Å². The van der Waals surface area contributed by atoms with Gasteiger partial charge in [0.2, 0.25) is 0 Å². The maximum Gasteiger partial charge on any atom is 0.266 e. The van der Waals surface area contributed by atoms with Crippen LogP contribution in [0, 0.1) is 6.92 Å². The van der Waals surface area contributed by atoms with E-state index in [1.165, 1.54) is 16.2 Å². The van der Waals surface area contributed by atoms with E-state index in [0.29, 0.717) is 21.2 Å². The molecule has 0 atom stereocenters. The maximum absolute atomic E-state index is 12.6. The van der Waals surface area contributed by atoms with Crippen LogP contribution < -0.4 is 4.90 Å². The molecule has 108 valence electrons. The van der Waals surface area contributed by atoms with Gasteiger partial charge in [-0.25, -0.2) is 4.90 Å². The number of hydrogen-bond donors (Lipinski definition) is 0. The highest BCUT2D eigenvalue weighted by molar-refractivity contribution is 7.23. The van der Waals surface area contributed by atoms with Crippen molar-refractivity contribution in [1.82, 2.24) is 0 Å². The summed E-state index contributed by atoms with van der Waals surface area (Å²) in [6.45, 7) is 1.91. The molecule has 2 amide bonds. The Kier molecular flexibility index (Phi) is 2.86. The van der Waals surface area contributed by atoms with Gasteiger partial charge in [-0.1, -0.05) is 23.7 Å². The van der Waals surface area contributed by atoms with Crippen LogP contribution in [0.1, 0.15) is 26.3 Å². The van der Waals surface area contributed by atoms with Crippen molar-refractivity contribution < 1.29 is 9.59 Å². The quantitative estimate of drug-likeness (QED) is 0.609. The second-order valence-corrected chi connectivity index (χ2v) is 6.63. The summed E-state index contributed by atoms with van der Waals surface area (Å²) in [4.78, 5) is 26.5. The van der Waals surface area contributed by atoms with Gasteiger partial charge in [0.1, 0.15) is 5.00 Å². The molecule has 1 aliphatic rings. The zero-order valence-electron chi connectivity index (χ0n) is 11.6. The zero-order valence-corrected chi connectivity index (χ0v) is 13.2. The molecule has 0 N–H and O–H groups in total. The van der Waals surface area contributed by atoms with E-state index in [4.69, 9.17) is 11.6 Å². The summed E-state index contributed by atoms with van der Waals surface area (Å²) in [7, 11) is 0. The van der Waals surface area contributed by atoms with Gasteiger partial charge in [0, 0.05) is 9.72 Å². The van der Waals surface area contributed by atoms with Crippen LogP contribution in [0.15, 0.2) is 42.5 Å². The number of aryl methyl sites for hydroxylation is 1. The third-order valence-corrected chi connectivity index (χ3v) is 5.36. The van der Waals surface area contributed by atoms with Gasteiger partial charge < -0.3 is 0 Å². The Morgan fingerprint density at radius 2 is 1.64 bits per heavy atom. The second-order valence-electron chi connectivity index (χ2n) is 5.16. The van der Waals surface area contributed by atoms with Crippen molar-refractivity contribution in [3.05, 3.63) is 64.2 Å².